The van der Waals surface area contributed by atoms with Crippen LogP contribution in [0.25, 0.3) is 16.7 Å². The van der Waals surface area contributed by atoms with E-state index >= 15 is 0 Å². The molecule has 102 valence electrons. The molecule has 1 heterocycles. The Balaban J connectivity index is 2.41. The number of rotatable bonds is 1. The fraction of sp³-hybridized carbons (Fsp3) is 0. The summed E-state index contributed by atoms with van der Waals surface area (Å²) in [6.07, 6.45) is 0. The third-order valence-electron chi connectivity index (χ3n) is 2.85. The summed E-state index contributed by atoms with van der Waals surface area (Å²) in [5.74, 6) is -0.932. The molecule has 0 saturated carbocycles. The van der Waals surface area contributed by atoms with Crippen molar-refractivity contribution in [3.63, 3.8) is 0 Å². The Bertz CT molecular complexity index is 863. The molecule has 0 spiro atoms. The first-order valence-corrected chi connectivity index (χ1v) is 6.69. The van der Waals surface area contributed by atoms with Crippen molar-refractivity contribution in [2.75, 3.05) is 0 Å². The SMILES string of the molecule is Fc1cc(Cl)c(-n2c(=S)[nH]c3cc(F)ccc32)c(Cl)c1. The van der Waals surface area contributed by atoms with E-state index in [-0.39, 0.29) is 10.0 Å². The Hall–Kier alpha value is -1.43. The molecule has 0 amide bonds. The molecule has 0 aliphatic carbocycles. The third kappa shape index (κ3) is 2.12. The summed E-state index contributed by atoms with van der Waals surface area (Å²) in [5, 5.41) is 0.243. The van der Waals surface area contributed by atoms with Crippen LogP contribution in [0.3, 0.4) is 0 Å². The lowest BCUT2D eigenvalue weighted by molar-refractivity contribution is 0.627. The van der Waals surface area contributed by atoms with Crippen molar-refractivity contribution in [1.82, 2.24) is 9.55 Å². The number of aromatic nitrogens is 2. The molecule has 3 rings (SSSR count). The molecule has 0 fully saturated rings. The van der Waals surface area contributed by atoms with Crippen LogP contribution in [0.4, 0.5) is 8.78 Å². The highest BCUT2D eigenvalue weighted by atomic mass is 35.5. The first-order valence-electron chi connectivity index (χ1n) is 5.52. The summed E-state index contributed by atoms with van der Waals surface area (Å²) < 4.78 is 28.3. The standard InChI is InChI=1S/C13H6Cl2F2N2S/c14-8-3-7(17)4-9(15)12(8)19-11-2-1-6(16)5-10(11)18-13(19)20/h1-5H,(H,18,20). The Kier molecular flexibility index (Phi) is 3.28. The van der Waals surface area contributed by atoms with Gasteiger partial charge in [-0.25, -0.2) is 8.78 Å². The minimum atomic E-state index is -0.541. The van der Waals surface area contributed by atoms with Crippen LogP contribution in [-0.4, -0.2) is 9.55 Å². The average Bonchev–Trinajstić information content (AvgIpc) is 2.64. The van der Waals surface area contributed by atoms with E-state index in [1.807, 2.05) is 0 Å². The topological polar surface area (TPSA) is 20.7 Å². The van der Waals surface area contributed by atoms with Gasteiger partial charge in [0.2, 0.25) is 0 Å². The van der Waals surface area contributed by atoms with Gasteiger partial charge < -0.3 is 4.98 Å². The zero-order valence-electron chi connectivity index (χ0n) is 9.75. The highest BCUT2D eigenvalue weighted by Gasteiger charge is 2.15. The van der Waals surface area contributed by atoms with Crippen molar-refractivity contribution in [2.45, 2.75) is 0 Å². The molecule has 0 saturated heterocycles. The fourth-order valence-electron chi connectivity index (χ4n) is 2.05. The molecule has 2 nitrogen and oxygen atoms in total. The second-order valence-electron chi connectivity index (χ2n) is 4.15. The second-order valence-corrected chi connectivity index (χ2v) is 5.35. The van der Waals surface area contributed by atoms with E-state index in [1.165, 1.54) is 12.1 Å². The summed E-state index contributed by atoms with van der Waals surface area (Å²) in [7, 11) is 0. The average molecular weight is 331 g/mol. The molecule has 1 aromatic heterocycles. The maximum atomic E-state index is 13.3. The molecule has 0 unspecified atom stereocenters. The van der Waals surface area contributed by atoms with Gasteiger partial charge in [0.25, 0.3) is 0 Å². The van der Waals surface area contributed by atoms with Crippen LogP contribution < -0.4 is 0 Å². The lowest BCUT2D eigenvalue weighted by atomic mass is 10.2. The molecule has 3 aromatic rings. The second kappa shape index (κ2) is 4.84. The molecule has 0 aliphatic rings. The minimum absolute atomic E-state index is 0.122. The Labute approximate surface area is 127 Å². The van der Waals surface area contributed by atoms with Crippen molar-refractivity contribution >= 4 is 46.5 Å². The van der Waals surface area contributed by atoms with Crippen molar-refractivity contribution in [3.8, 4) is 5.69 Å². The van der Waals surface area contributed by atoms with Gasteiger partial charge in [-0.1, -0.05) is 23.2 Å². The largest absolute Gasteiger partial charge is 0.330 e. The molecule has 0 atom stereocenters. The van der Waals surface area contributed by atoms with E-state index in [0.29, 0.717) is 21.5 Å². The third-order valence-corrected chi connectivity index (χ3v) is 3.71. The maximum Gasteiger partial charge on any atom is 0.182 e. The van der Waals surface area contributed by atoms with Gasteiger partial charge >= 0.3 is 0 Å². The first kappa shape index (κ1) is 13.5. The normalized spacial score (nSPS) is 11.2. The molecular formula is C13H6Cl2F2N2S. The number of imidazole rings is 1. The zero-order chi connectivity index (χ0) is 14.4. The number of nitrogens with zero attached hydrogens (tertiary/aromatic N) is 1. The number of hydrogen-bond acceptors (Lipinski definition) is 1. The van der Waals surface area contributed by atoms with Crippen molar-refractivity contribution in [1.29, 1.82) is 0 Å². The molecule has 2 aromatic carbocycles. The number of nitrogens with one attached hydrogen (secondary N) is 1. The summed E-state index contributed by atoms with van der Waals surface area (Å²) in [6.45, 7) is 0. The highest BCUT2D eigenvalue weighted by Crippen LogP contribution is 2.32. The fourth-order valence-corrected chi connectivity index (χ4v) is 2.98. The zero-order valence-corrected chi connectivity index (χ0v) is 12.1. The molecule has 0 radical (unpaired) electrons. The van der Waals surface area contributed by atoms with Gasteiger partial charge in [-0.05, 0) is 42.5 Å². The van der Waals surface area contributed by atoms with Crippen LogP contribution in [0.5, 0.6) is 0 Å². The van der Waals surface area contributed by atoms with Crippen LogP contribution in [0, 0.1) is 16.4 Å². The predicted molar refractivity (Wildman–Crippen MR) is 78.4 cm³/mol. The van der Waals surface area contributed by atoms with Gasteiger partial charge in [0.1, 0.15) is 11.6 Å². The van der Waals surface area contributed by atoms with E-state index in [1.54, 1.807) is 10.6 Å². The van der Waals surface area contributed by atoms with Crippen LogP contribution in [0.2, 0.25) is 10.0 Å². The van der Waals surface area contributed by atoms with Crippen LogP contribution in [-0.2, 0) is 0 Å². The summed E-state index contributed by atoms with van der Waals surface area (Å²) in [6, 6.07) is 6.45. The monoisotopic (exact) mass is 330 g/mol. The quantitative estimate of drug-likeness (QED) is 0.602. The summed E-state index contributed by atoms with van der Waals surface area (Å²) in [5.41, 5.74) is 1.47. The van der Waals surface area contributed by atoms with Gasteiger partial charge in [0.05, 0.1) is 26.8 Å². The first-order chi connectivity index (χ1) is 9.47. The van der Waals surface area contributed by atoms with E-state index in [4.69, 9.17) is 35.4 Å². The summed E-state index contributed by atoms with van der Waals surface area (Å²) in [4.78, 5) is 2.86. The number of hydrogen-bond donors (Lipinski definition) is 1. The van der Waals surface area contributed by atoms with E-state index in [9.17, 15) is 8.78 Å². The minimum Gasteiger partial charge on any atom is -0.330 e. The number of benzene rings is 2. The molecule has 20 heavy (non-hydrogen) atoms. The van der Waals surface area contributed by atoms with Crippen LogP contribution in [0.15, 0.2) is 30.3 Å². The van der Waals surface area contributed by atoms with Gasteiger partial charge in [0.15, 0.2) is 4.77 Å². The lowest BCUT2D eigenvalue weighted by Crippen LogP contribution is -1.97. The number of H-pyrrole nitrogens is 1. The number of halogens is 4. The molecule has 1 N–H and O–H groups in total. The molecule has 0 aliphatic heterocycles. The van der Waals surface area contributed by atoms with Gasteiger partial charge in [-0.2, -0.15) is 0 Å². The number of fused-ring (bicyclic) bond motifs is 1. The Morgan fingerprint density at radius 3 is 2.30 bits per heavy atom. The highest BCUT2D eigenvalue weighted by molar-refractivity contribution is 7.71. The van der Waals surface area contributed by atoms with Crippen molar-refractivity contribution in [2.24, 2.45) is 0 Å². The van der Waals surface area contributed by atoms with E-state index in [2.05, 4.69) is 4.98 Å². The molecular weight excluding hydrogens is 325 g/mol. The van der Waals surface area contributed by atoms with Gasteiger partial charge in [-0.3, -0.25) is 4.57 Å². The smallest absolute Gasteiger partial charge is 0.182 e. The van der Waals surface area contributed by atoms with Gasteiger partial charge in [0, 0.05) is 0 Å². The molecule has 0 bridgehead atoms. The van der Waals surface area contributed by atoms with Crippen LogP contribution in [0.1, 0.15) is 0 Å². The maximum absolute atomic E-state index is 13.3. The Morgan fingerprint density at radius 1 is 1.00 bits per heavy atom. The van der Waals surface area contributed by atoms with Crippen molar-refractivity contribution < 1.29 is 8.78 Å². The molecule has 7 heteroatoms. The van der Waals surface area contributed by atoms with Gasteiger partial charge in [-0.15, -0.1) is 0 Å². The Morgan fingerprint density at radius 2 is 1.65 bits per heavy atom. The lowest BCUT2D eigenvalue weighted by Gasteiger charge is -2.09. The van der Waals surface area contributed by atoms with E-state index < -0.39 is 11.6 Å². The number of aromatic amines is 1. The summed E-state index contributed by atoms with van der Waals surface area (Å²) >= 11 is 17.3. The van der Waals surface area contributed by atoms with Crippen molar-refractivity contribution in [3.05, 3.63) is 56.8 Å². The van der Waals surface area contributed by atoms with Crippen LogP contribution >= 0.6 is 35.4 Å². The van der Waals surface area contributed by atoms with E-state index in [0.717, 1.165) is 12.1 Å². The predicted octanol–water partition coefficient (Wildman–Crippen LogP) is 5.27.